The number of benzene rings is 1. The molecule has 4 nitrogen and oxygen atoms in total. The van der Waals surface area contributed by atoms with Crippen molar-refractivity contribution >= 4 is 5.91 Å². The van der Waals surface area contributed by atoms with Gasteiger partial charge in [-0.15, -0.1) is 0 Å². The fourth-order valence-electron chi connectivity index (χ4n) is 3.67. The minimum absolute atomic E-state index is 0.208. The summed E-state index contributed by atoms with van der Waals surface area (Å²) in [5.74, 6) is 0.244. The van der Waals surface area contributed by atoms with Crippen LogP contribution in [0.5, 0.6) is 0 Å². The van der Waals surface area contributed by atoms with Crippen LogP contribution < -0.4 is 10.6 Å². The van der Waals surface area contributed by atoms with E-state index >= 15 is 0 Å². The van der Waals surface area contributed by atoms with E-state index in [-0.39, 0.29) is 17.6 Å². The first kappa shape index (κ1) is 16.4. The van der Waals surface area contributed by atoms with Crippen LogP contribution in [0.15, 0.2) is 24.3 Å². The Balaban J connectivity index is 1.36. The summed E-state index contributed by atoms with van der Waals surface area (Å²) in [6.45, 7) is 4.31. The molecule has 1 saturated heterocycles. The quantitative estimate of drug-likeness (QED) is 0.840. The first-order valence-electron chi connectivity index (χ1n) is 8.50. The van der Waals surface area contributed by atoms with Gasteiger partial charge in [-0.1, -0.05) is 12.1 Å². The average molecular weight is 319 g/mol. The van der Waals surface area contributed by atoms with Gasteiger partial charge in [-0.2, -0.15) is 0 Å². The Hall–Kier alpha value is -1.46. The highest BCUT2D eigenvalue weighted by Gasteiger charge is 2.57. The first-order valence-corrected chi connectivity index (χ1v) is 8.50. The maximum absolute atomic E-state index is 12.9. The van der Waals surface area contributed by atoms with E-state index in [0.29, 0.717) is 12.0 Å². The maximum Gasteiger partial charge on any atom is 0.223 e. The maximum atomic E-state index is 12.9. The lowest BCUT2D eigenvalue weighted by atomic mass is 9.92. The molecule has 0 bridgehead atoms. The van der Waals surface area contributed by atoms with Crippen LogP contribution in [0.2, 0.25) is 0 Å². The Kier molecular flexibility index (Phi) is 4.97. The lowest BCUT2D eigenvalue weighted by molar-refractivity contribution is -0.123. The van der Waals surface area contributed by atoms with Crippen molar-refractivity contribution in [3.63, 3.8) is 0 Å². The molecule has 1 atom stereocenters. The van der Waals surface area contributed by atoms with Gasteiger partial charge in [-0.05, 0) is 62.5 Å². The Labute approximate surface area is 137 Å². The van der Waals surface area contributed by atoms with Crippen molar-refractivity contribution in [2.45, 2.75) is 25.8 Å². The SMILES string of the molecule is CN(CCNC(=O)C1CC12CCNCC2)Cc1ccc(F)cc1. The van der Waals surface area contributed by atoms with Crippen molar-refractivity contribution in [3.05, 3.63) is 35.6 Å². The second kappa shape index (κ2) is 6.97. The Bertz CT molecular complexity index is 540. The summed E-state index contributed by atoms with van der Waals surface area (Å²) in [7, 11) is 2.01. The molecule has 1 aliphatic heterocycles. The molecule has 2 fully saturated rings. The number of hydrogen-bond acceptors (Lipinski definition) is 3. The van der Waals surface area contributed by atoms with Crippen LogP contribution in [-0.2, 0) is 11.3 Å². The minimum Gasteiger partial charge on any atom is -0.355 e. The van der Waals surface area contributed by atoms with Crippen molar-refractivity contribution in [2.75, 3.05) is 33.2 Å². The zero-order valence-corrected chi connectivity index (χ0v) is 13.8. The molecule has 1 aromatic rings. The van der Waals surface area contributed by atoms with E-state index in [0.717, 1.165) is 51.0 Å². The van der Waals surface area contributed by atoms with E-state index in [2.05, 4.69) is 15.5 Å². The van der Waals surface area contributed by atoms with E-state index in [1.807, 2.05) is 7.05 Å². The second-order valence-corrected chi connectivity index (χ2v) is 7.02. The standard InChI is InChI=1S/C18H26FN3O/c1-22(13-14-2-4-15(19)5-3-14)11-10-21-17(23)16-12-18(16)6-8-20-9-7-18/h2-5,16,20H,6-13H2,1H3,(H,21,23). The summed E-state index contributed by atoms with van der Waals surface area (Å²) in [4.78, 5) is 14.4. The highest BCUT2D eigenvalue weighted by molar-refractivity contribution is 5.82. The molecule has 3 rings (SSSR count). The largest absolute Gasteiger partial charge is 0.355 e. The lowest BCUT2D eigenvalue weighted by Crippen LogP contribution is -2.36. The van der Waals surface area contributed by atoms with Gasteiger partial charge in [0.25, 0.3) is 0 Å². The molecule has 2 N–H and O–H groups in total. The van der Waals surface area contributed by atoms with Crippen LogP contribution in [0.3, 0.4) is 0 Å². The molecule has 126 valence electrons. The monoisotopic (exact) mass is 319 g/mol. The zero-order chi connectivity index (χ0) is 16.3. The number of nitrogens with zero attached hydrogens (tertiary/aromatic N) is 1. The summed E-state index contributed by atoms with van der Waals surface area (Å²) in [6.07, 6.45) is 3.33. The van der Waals surface area contributed by atoms with Gasteiger partial charge in [0.1, 0.15) is 5.82 Å². The van der Waals surface area contributed by atoms with Crippen molar-refractivity contribution in [2.24, 2.45) is 11.3 Å². The highest BCUT2D eigenvalue weighted by Crippen LogP contribution is 2.58. The molecule has 5 heteroatoms. The summed E-state index contributed by atoms with van der Waals surface area (Å²) in [6, 6.07) is 6.57. The van der Waals surface area contributed by atoms with Crippen molar-refractivity contribution in [3.8, 4) is 0 Å². The summed E-state index contributed by atoms with van der Waals surface area (Å²) in [5.41, 5.74) is 1.38. The van der Waals surface area contributed by atoms with Crippen LogP contribution >= 0.6 is 0 Å². The smallest absolute Gasteiger partial charge is 0.223 e. The van der Waals surface area contributed by atoms with Crippen LogP contribution in [0.1, 0.15) is 24.8 Å². The fourth-order valence-corrected chi connectivity index (χ4v) is 3.67. The number of carbonyl (C=O) groups is 1. The van der Waals surface area contributed by atoms with Crippen molar-refractivity contribution < 1.29 is 9.18 Å². The van der Waals surface area contributed by atoms with Gasteiger partial charge in [-0.3, -0.25) is 4.79 Å². The number of piperidine rings is 1. The molecule has 1 unspecified atom stereocenters. The average Bonchev–Trinajstić information content (AvgIpc) is 3.23. The van der Waals surface area contributed by atoms with Gasteiger partial charge in [0.2, 0.25) is 5.91 Å². The first-order chi connectivity index (χ1) is 11.1. The Morgan fingerprint density at radius 2 is 2.04 bits per heavy atom. The van der Waals surface area contributed by atoms with Gasteiger partial charge < -0.3 is 15.5 Å². The summed E-state index contributed by atoms with van der Waals surface area (Å²) >= 11 is 0. The highest BCUT2D eigenvalue weighted by atomic mass is 19.1. The summed E-state index contributed by atoms with van der Waals surface area (Å²) in [5, 5.41) is 6.44. The van der Waals surface area contributed by atoms with E-state index < -0.39 is 0 Å². The van der Waals surface area contributed by atoms with Crippen LogP contribution in [0.25, 0.3) is 0 Å². The molecular weight excluding hydrogens is 293 g/mol. The van der Waals surface area contributed by atoms with Gasteiger partial charge in [-0.25, -0.2) is 4.39 Å². The van der Waals surface area contributed by atoms with Gasteiger partial charge >= 0.3 is 0 Å². The zero-order valence-electron chi connectivity index (χ0n) is 13.8. The molecule has 0 radical (unpaired) electrons. The van der Waals surface area contributed by atoms with E-state index in [9.17, 15) is 9.18 Å². The molecular formula is C18H26FN3O. The topological polar surface area (TPSA) is 44.4 Å². The molecule has 1 aliphatic carbocycles. The normalized spacial score (nSPS) is 22.3. The Morgan fingerprint density at radius 3 is 2.74 bits per heavy atom. The van der Waals surface area contributed by atoms with E-state index in [1.54, 1.807) is 12.1 Å². The third kappa shape index (κ3) is 4.09. The minimum atomic E-state index is -0.208. The number of likely N-dealkylation sites (N-methyl/N-ethyl adjacent to an activating group) is 1. The number of hydrogen-bond donors (Lipinski definition) is 2. The number of nitrogens with one attached hydrogen (secondary N) is 2. The summed E-state index contributed by atoms with van der Waals surface area (Å²) < 4.78 is 12.9. The Morgan fingerprint density at radius 1 is 1.35 bits per heavy atom. The molecule has 1 heterocycles. The van der Waals surface area contributed by atoms with Gasteiger partial charge in [0, 0.05) is 25.6 Å². The van der Waals surface area contributed by atoms with Gasteiger partial charge in [0.15, 0.2) is 0 Å². The van der Waals surface area contributed by atoms with Crippen LogP contribution in [0.4, 0.5) is 4.39 Å². The molecule has 1 amide bonds. The lowest BCUT2D eigenvalue weighted by Gasteiger charge is -2.23. The predicted molar refractivity (Wildman–Crippen MR) is 88.4 cm³/mol. The van der Waals surface area contributed by atoms with E-state index in [4.69, 9.17) is 0 Å². The molecule has 1 saturated carbocycles. The fraction of sp³-hybridized carbons (Fsp3) is 0.611. The van der Waals surface area contributed by atoms with Gasteiger partial charge in [0.05, 0.1) is 0 Å². The van der Waals surface area contributed by atoms with Crippen LogP contribution in [-0.4, -0.2) is 44.0 Å². The number of halogens is 1. The molecule has 0 aromatic heterocycles. The number of carbonyl (C=O) groups excluding carboxylic acids is 1. The van der Waals surface area contributed by atoms with Crippen molar-refractivity contribution in [1.29, 1.82) is 0 Å². The number of rotatable bonds is 6. The number of amides is 1. The molecule has 23 heavy (non-hydrogen) atoms. The van der Waals surface area contributed by atoms with Crippen molar-refractivity contribution in [1.82, 2.24) is 15.5 Å². The third-order valence-corrected chi connectivity index (χ3v) is 5.26. The molecule has 1 aromatic carbocycles. The molecule has 1 spiro atoms. The second-order valence-electron chi connectivity index (χ2n) is 7.02. The van der Waals surface area contributed by atoms with E-state index in [1.165, 1.54) is 12.1 Å². The predicted octanol–water partition coefficient (Wildman–Crippen LogP) is 1.76. The third-order valence-electron chi connectivity index (χ3n) is 5.26. The van der Waals surface area contributed by atoms with Crippen LogP contribution in [0, 0.1) is 17.2 Å². The molecule has 2 aliphatic rings.